The topological polar surface area (TPSA) is 58.2 Å². The molecule has 0 unspecified atom stereocenters. The first-order valence-electron chi connectivity index (χ1n) is 4.60. The average Bonchev–Trinajstić information content (AvgIpc) is 2.31. The van der Waals surface area contributed by atoms with Gasteiger partial charge in [-0.15, -0.1) is 0 Å². The first kappa shape index (κ1) is 17.1. The molecule has 4 nitrogen and oxygen atoms in total. The molecule has 0 aromatic heterocycles. The molecule has 0 radical (unpaired) electrons. The highest BCUT2D eigenvalue weighted by atomic mass is 127. The summed E-state index contributed by atoms with van der Waals surface area (Å²) in [6.07, 6.45) is 0. The van der Waals surface area contributed by atoms with E-state index in [-0.39, 0.29) is 11.8 Å². The van der Waals surface area contributed by atoms with Crippen molar-refractivity contribution in [2.75, 3.05) is 33.5 Å². The molecular formula is C8H14I2N2O2S2. The highest BCUT2D eigenvalue weighted by molar-refractivity contribution is 14.1. The van der Waals surface area contributed by atoms with E-state index in [9.17, 15) is 9.59 Å². The van der Waals surface area contributed by atoms with Crippen molar-refractivity contribution < 1.29 is 9.59 Å². The minimum absolute atomic E-state index is 0.0838. The van der Waals surface area contributed by atoms with Gasteiger partial charge in [0.15, 0.2) is 0 Å². The normalized spacial score (nSPS) is 9.88. The van der Waals surface area contributed by atoms with Crippen molar-refractivity contribution in [3.8, 4) is 0 Å². The first-order valence-corrected chi connectivity index (χ1v) is 10.1. The Kier molecular flexibility index (Phi) is 13.4. The monoisotopic (exact) mass is 488 g/mol. The number of halogens is 2. The molecule has 16 heavy (non-hydrogen) atoms. The molecule has 8 heteroatoms. The zero-order chi connectivity index (χ0) is 12.2. The molecule has 94 valence electrons. The van der Waals surface area contributed by atoms with Gasteiger partial charge in [0.2, 0.25) is 11.8 Å². The molecule has 0 spiro atoms. The zero-order valence-electron chi connectivity index (χ0n) is 8.63. The van der Waals surface area contributed by atoms with E-state index in [2.05, 4.69) is 10.6 Å². The maximum Gasteiger partial charge on any atom is 0.229 e. The quantitative estimate of drug-likeness (QED) is 0.224. The lowest BCUT2D eigenvalue weighted by Gasteiger charge is -2.03. The molecular weight excluding hydrogens is 474 g/mol. The number of nitrogens with one attached hydrogen (secondary N) is 2. The van der Waals surface area contributed by atoms with Crippen molar-refractivity contribution in [2.24, 2.45) is 0 Å². The summed E-state index contributed by atoms with van der Waals surface area (Å²) in [5.41, 5.74) is 0. The molecule has 2 N–H and O–H groups in total. The van der Waals surface area contributed by atoms with Gasteiger partial charge in [-0.05, 0) is 0 Å². The van der Waals surface area contributed by atoms with Crippen molar-refractivity contribution >= 4 is 78.6 Å². The SMILES string of the molecule is O=C(CI)NCCSSCCNC(=O)CI. The van der Waals surface area contributed by atoms with Crippen molar-refractivity contribution in [2.45, 2.75) is 0 Å². The predicted molar refractivity (Wildman–Crippen MR) is 88.7 cm³/mol. The average molecular weight is 488 g/mol. The Labute approximate surface area is 131 Å². The zero-order valence-corrected chi connectivity index (χ0v) is 14.6. The van der Waals surface area contributed by atoms with Gasteiger partial charge in [-0.2, -0.15) is 0 Å². The molecule has 0 rings (SSSR count). The van der Waals surface area contributed by atoms with E-state index < -0.39 is 0 Å². The summed E-state index contributed by atoms with van der Waals surface area (Å²) in [5, 5.41) is 5.60. The summed E-state index contributed by atoms with van der Waals surface area (Å²) in [7, 11) is 3.42. The second-order valence-electron chi connectivity index (χ2n) is 2.61. The Hall–Kier alpha value is 1.10. The lowest BCUT2D eigenvalue weighted by atomic mass is 10.6. The standard InChI is InChI=1S/C8H14I2N2O2S2/c9-5-7(13)11-1-3-15-16-4-2-12-8(14)6-10/h1-6H2,(H,11,13)(H,12,14). The summed E-state index contributed by atoms with van der Waals surface area (Å²) in [6.45, 7) is 1.42. The molecule has 0 saturated carbocycles. The van der Waals surface area contributed by atoms with Crippen molar-refractivity contribution in [3.05, 3.63) is 0 Å². The summed E-state index contributed by atoms with van der Waals surface area (Å²) in [5.74, 6) is 1.96. The van der Waals surface area contributed by atoms with Crippen LogP contribution in [0.2, 0.25) is 0 Å². The van der Waals surface area contributed by atoms with Gasteiger partial charge in [0, 0.05) is 24.6 Å². The van der Waals surface area contributed by atoms with E-state index in [1.165, 1.54) is 0 Å². The largest absolute Gasteiger partial charge is 0.355 e. The molecule has 0 saturated heterocycles. The van der Waals surface area contributed by atoms with Gasteiger partial charge in [-0.25, -0.2) is 0 Å². The van der Waals surface area contributed by atoms with Crippen LogP contribution in [0.3, 0.4) is 0 Å². The second kappa shape index (κ2) is 12.6. The Morgan fingerprint density at radius 1 is 0.875 bits per heavy atom. The minimum Gasteiger partial charge on any atom is -0.355 e. The molecule has 0 aromatic rings. The van der Waals surface area contributed by atoms with Crippen molar-refractivity contribution in [3.63, 3.8) is 0 Å². The smallest absolute Gasteiger partial charge is 0.229 e. The van der Waals surface area contributed by atoms with Gasteiger partial charge in [0.25, 0.3) is 0 Å². The van der Waals surface area contributed by atoms with E-state index in [1.807, 2.05) is 45.2 Å². The highest BCUT2D eigenvalue weighted by Gasteiger charge is 1.98. The van der Waals surface area contributed by atoms with Gasteiger partial charge >= 0.3 is 0 Å². The van der Waals surface area contributed by atoms with Crippen LogP contribution in [-0.2, 0) is 9.59 Å². The maximum absolute atomic E-state index is 10.9. The molecule has 0 heterocycles. The number of hydrogen-bond acceptors (Lipinski definition) is 4. The fourth-order valence-electron chi connectivity index (χ4n) is 0.677. The van der Waals surface area contributed by atoms with E-state index in [4.69, 9.17) is 0 Å². The number of hydrogen-bond donors (Lipinski definition) is 2. The molecule has 2 amide bonds. The van der Waals surface area contributed by atoms with Crippen LogP contribution < -0.4 is 10.6 Å². The molecule has 0 aliphatic heterocycles. The Bertz CT molecular complexity index is 198. The number of carbonyl (C=O) groups excluding carboxylic acids is 2. The van der Waals surface area contributed by atoms with Gasteiger partial charge in [-0.3, -0.25) is 9.59 Å². The van der Waals surface area contributed by atoms with Gasteiger partial charge < -0.3 is 10.6 Å². The summed E-state index contributed by atoms with van der Waals surface area (Å²) >= 11 is 4.08. The minimum atomic E-state index is 0.0838. The molecule has 0 aliphatic rings. The highest BCUT2D eigenvalue weighted by Crippen LogP contribution is 2.19. The van der Waals surface area contributed by atoms with Crippen LogP contribution in [0.5, 0.6) is 0 Å². The van der Waals surface area contributed by atoms with Crippen LogP contribution in [0.15, 0.2) is 0 Å². The summed E-state index contributed by atoms with van der Waals surface area (Å²) < 4.78 is 1.02. The van der Waals surface area contributed by atoms with E-state index in [1.54, 1.807) is 21.6 Å². The van der Waals surface area contributed by atoms with E-state index in [0.29, 0.717) is 21.9 Å². The molecule has 0 aliphatic carbocycles. The van der Waals surface area contributed by atoms with E-state index in [0.717, 1.165) is 11.5 Å². The van der Waals surface area contributed by atoms with Crippen LogP contribution in [0, 0.1) is 0 Å². The first-order chi connectivity index (χ1) is 7.70. The summed E-state index contributed by atoms with van der Waals surface area (Å²) in [4.78, 5) is 21.7. The number of alkyl halides is 2. The van der Waals surface area contributed by atoms with Crippen LogP contribution in [-0.4, -0.2) is 45.3 Å². The predicted octanol–water partition coefficient (Wildman–Crippen LogP) is 1.47. The van der Waals surface area contributed by atoms with E-state index >= 15 is 0 Å². The lowest BCUT2D eigenvalue weighted by molar-refractivity contribution is -0.119. The lowest BCUT2D eigenvalue weighted by Crippen LogP contribution is -2.27. The Morgan fingerprint density at radius 3 is 1.56 bits per heavy atom. The fraction of sp³-hybridized carbons (Fsp3) is 0.750. The maximum atomic E-state index is 10.9. The molecule has 0 aromatic carbocycles. The van der Waals surface area contributed by atoms with Crippen molar-refractivity contribution in [1.82, 2.24) is 10.6 Å². The number of rotatable bonds is 9. The van der Waals surface area contributed by atoms with Crippen LogP contribution in [0.25, 0.3) is 0 Å². The summed E-state index contributed by atoms with van der Waals surface area (Å²) in [6, 6.07) is 0. The van der Waals surface area contributed by atoms with Gasteiger partial charge in [0.05, 0.1) is 8.86 Å². The molecule has 0 atom stereocenters. The molecule has 0 fully saturated rings. The van der Waals surface area contributed by atoms with Gasteiger partial charge in [-0.1, -0.05) is 66.8 Å². The van der Waals surface area contributed by atoms with Crippen LogP contribution in [0.4, 0.5) is 0 Å². The van der Waals surface area contributed by atoms with Gasteiger partial charge in [0.1, 0.15) is 0 Å². The second-order valence-corrected chi connectivity index (χ2v) is 6.84. The number of carbonyl (C=O) groups is 2. The molecule has 0 bridgehead atoms. The Morgan fingerprint density at radius 2 is 1.25 bits per heavy atom. The fourth-order valence-corrected chi connectivity index (χ4v) is 3.03. The van der Waals surface area contributed by atoms with Crippen molar-refractivity contribution in [1.29, 1.82) is 0 Å². The Balaban J connectivity index is 3.10. The van der Waals surface area contributed by atoms with Crippen LogP contribution in [0.1, 0.15) is 0 Å². The number of amides is 2. The third kappa shape index (κ3) is 11.6. The van der Waals surface area contributed by atoms with Crippen LogP contribution >= 0.6 is 66.8 Å². The third-order valence-corrected chi connectivity index (χ3v) is 5.14. The third-order valence-electron chi connectivity index (χ3n) is 1.34.